The third-order valence-electron chi connectivity index (χ3n) is 2.41. The number of nitrogen functional groups attached to an aromatic ring is 1. The van der Waals surface area contributed by atoms with Gasteiger partial charge in [-0.3, -0.25) is 9.59 Å². The van der Waals surface area contributed by atoms with Gasteiger partial charge in [-0.2, -0.15) is 0 Å². The van der Waals surface area contributed by atoms with Crippen molar-refractivity contribution in [1.82, 2.24) is 15.6 Å². The van der Waals surface area contributed by atoms with Crippen molar-refractivity contribution in [2.75, 3.05) is 5.73 Å². The molecule has 6 nitrogen and oxygen atoms in total. The molecule has 1 rings (SSSR count). The second-order valence-electron chi connectivity index (χ2n) is 4.78. The molecule has 0 aromatic carbocycles. The lowest BCUT2D eigenvalue weighted by Crippen LogP contribution is -2.46. The molecule has 0 saturated carbocycles. The van der Waals surface area contributed by atoms with E-state index in [0.717, 1.165) is 0 Å². The van der Waals surface area contributed by atoms with E-state index in [1.54, 1.807) is 19.9 Å². The van der Waals surface area contributed by atoms with Gasteiger partial charge in [0.2, 0.25) is 5.91 Å². The topological polar surface area (TPSA) is 97.1 Å². The molecule has 104 valence electrons. The summed E-state index contributed by atoms with van der Waals surface area (Å²) < 4.78 is 0. The number of carbonyl (C=O) groups excluding carboxylic acids is 2. The van der Waals surface area contributed by atoms with Gasteiger partial charge in [0.1, 0.15) is 11.9 Å². The molecule has 2 amide bonds. The lowest BCUT2D eigenvalue weighted by molar-refractivity contribution is -0.123. The largest absolute Gasteiger partial charge is 0.384 e. The van der Waals surface area contributed by atoms with Gasteiger partial charge in [0.25, 0.3) is 5.91 Å². The summed E-state index contributed by atoms with van der Waals surface area (Å²) in [5.74, 6) is -0.282. The van der Waals surface area contributed by atoms with Crippen LogP contribution >= 0.6 is 0 Å². The van der Waals surface area contributed by atoms with Gasteiger partial charge in [0, 0.05) is 17.3 Å². The van der Waals surface area contributed by atoms with Gasteiger partial charge in [0.05, 0.1) is 0 Å². The first-order chi connectivity index (χ1) is 8.79. The van der Waals surface area contributed by atoms with Crippen LogP contribution in [0.1, 0.15) is 36.8 Å². The van der Waals surface area contributed by atoms with Gasteiger partial charge in [0.15, 0.2) is 0 Å². The summed E-state index contributed by atoms with van der Waals surface area (Å²) in [4.78, 5) is 27.7. The number of anilines is 1. The number of carbonyl (C=O) groups is 2. The molecule has 4 N–H and O–H groups in total. The maximum absolute atomic E-state index is 12.0. The SMILES string of the molecule is Cc1cc(C(=O)NC(C)C(=O)NC(C)C)cc(N)n1. The Morgan fingerprint density at radius 2 is 1.84 bits per heavy atom. The molecular weight excluding hydrogens is 244 g/mol. The van der Waals surface area contributed by atoms with E-state index in [1.807, 2.05) is 13.8 Å². The highest BCUT2D eigenvalue weighted by molar-refractivity contribution is 5.98. The number of pyridine rings is 1. The van der Waals surface area contributed by atoms with E-state index >= 15 is 0 Å². The average molecular weight is 264 g/mol. The van der Waals surface area contributed by atoms with Crippen LogP contribution in [0.3, 0.4) is 0 Å². The van der Waals surface area contributed by atoms with Crippen LogP contribution in [0.15, 0.2) is 12.1 Å². The Kier molecular flexibility index (Phi) is 4.86. The molecule has 1 unspecified atom stereocenters. The first-order valence-electron chi connectivity index (χ1n) is 6.15. The summed E-state index contributed by atoms with van der Waals surface area (Å²) in [6.07, 6.45) is 0. The first-order valence-corrected chi connectivity index (χ1v) is 6.15. The van der Waals surface area contributed by atoms with Crippen LogP contribution in [-0.4, -0.2) is 28.9 Å². The molecule has 1 aromatic heterocycles. The van der Waals surface area contributed by atoms with Crippen molar-refractivity contribution < 1.29 is 9.59 Å². The van der Waals surface area contributed by atoms with E-state index in [9.17, 15) is 9.59 Å². The summed E-state index contributed by atoms with van der Waals surface area (Å²) in [5, 5.41) is 5.35. The number of nitrogens with zero attached hydrogens (tertiary/aromatic N) is 1. The van der Waals surface area contributed by atoms with Crippen molar-refractivity contribution in [3.8, 4) is 0 Å². The van der Waals surface area contributed by atoms with Crippen molar-refractivity contribution in [2.45, 2.75) is 39.8 Å². The van der Waals surface area contributed by atoms with E-state index in [0.29, 0.717) is 11.3 Å². The Labute approximate surface area is 112 Å². The minimum absolute atomic E-state index is 0.0330. The normalized spacial score (nSPS) is 12.1. The fourth-order valence-corrected chi connectivity index (χ4v) is 1.58. The Bertz CT molecular complexity index is 465. The summed E-state index contributed by atoms with van der Waals surface area (Å²) in [7, 11) is 0. The van der Waals surface area contributed by atoms with Crippen LogP contribution in [0.5, 0.6) is 0 Å². The van der Waals surface area contributed by atoms with Crippen molar-refractivity contribution in [2.24, 2.45) is 0 Å². The predicted octanol–water partition coefficient (Wildman–Crippen LogP) is 0.615. The maximum atomic E-state index is 12.0. The van der Waals surface area contributed by atoms with Crippen molar-refractivity contribution in [3.63, 3.8) is 0 Å². The summed E-state index contributed by atoms with van der Waals surface area (Å²) in [6.45, 7) is 7.10. The Morgan fingerprint density at radius 1 is 1.21 bits per heavy atom. The van der Waals surface area contributed by atoms with Crippen LogP contribution < -0.4 is 16.4 Å². The molecule has 6 heteroatoms. The van der Waals surface area contributed by atoms with Crippen molar-refractivity contribution >= 4 is 17.6 Å². The third kappa shape index (κ3) is 4.57. The molecule has 0 aliphatic rings. The molecule has 0 radical (unpaired) electrons. The summed E-state index contributed by atoms with van der Waals surface area (Å²) in [6, 6.07) is 2.53. The summed E-state index contributed by atoms with van der Waals surface area (Å²) >= 11 is 0. The van der Waals surface area contributed by atoms with E-state index in [-0.39, 0.29) is 23.7 Å². The van der Waals surface area contributed by atoms with E-state index < -0.39 is 6.04 Å². The number of amides is 2. The Balaban J connectivity index is 2.71. The van der Waals surface area contributed by atoms with Crippen LogP contribution in [0, 0.1) is 6.92 Å². The van der Waals surface area contributed by atoms with Gasteiger partial charge >= 0.3 is 0 Å². The molecule has 19 heavy (non-hydrogen) atoms. The molecule has 0 fully saturated rings. The molecule has 1 atom stereocenters. The fourth-order valence-electron chi connectivity index (χ4n) is 1.58. The Hall–Kier alpha value is -2.11. The number of nitrogens with one attached hydrogen (secondary N) is 2. The van der Waals surface area contributed by atoms with Gasteiger partial charge in [-0.05, 0) is 39.8 Å². The highest BCUT2D eigenvalue weighted by Gasteiger charge is 2.17. The van der Waals surface area contributed by atoms with Crippen LogP contribution in [0.25, 0.3) is 0 Å². The number of hydrogen-bond acceptors (Lipinski definition) is 4. The van der Waals surface area contributed by atoms with Gasteiger partial charge in [-0.1, -0.05) is 0 Å². The number of hydrogen-bond donors (Lipinski definition) is 3. The van der Waals surface area contributed by atoms with Crippen molar-refractivity contribution in [3.05, 3.63) is 23.4 Å². The molecule has 1 aromatic rings. The number of aryl methyl sites for hydroxylation is 1. The number of aromatic nitrogens is 1. The molecule has 0 aliphatic carbocycles. The van der Waals surface area contributed by atoms with E-state index in [1.165, 1.54) is 6.07 Å². The Morgan fingerprint density at radius 3 is 2.37 bits per heavy atom. The lowest BCUT2D eigenvalue weighted by atomic mass is 10.2. The highest BCUT2D eigenvalue weighted by atomic mass is 16.2. The molecule has 0 saturated heterocycles. The standard InChI is InChI=1S/C13H20N4O2/c1-7(2)15-12(18)9(4)17-13(19)10-5-8(3)16-11(14)6-10/h5-7,9H,1-4H3,(H2,14,16)(H,15,18)(H,17,19). The molecule has 0 bridgehead atoms. The summed E-state index contributed by atoms with van der Waals surface area (Å²) in [5.41, 5.74) is 6.64. The number of nitrogens with two attached hydrogens (primary N) is 1. The fraction of sp³-hybridized carbons (Fsp3) is 0.462. The number of rotatable bonds is 4. The van der Waals surface area contributed by atoms with Gasteiger partial charge < -0.3 is 16.4 Å². The van der Waals surface area contributed by atoms with Crippen LogP contribution in [0.4, 0.5) is 5.82 Å². The molecule has 0 aliphatic heterocycles. The van der Waals surface area contributed by atoms with Crippen LogP contribution in [-0.2, 0) is 4.79 Å². The zero-order valence-electron chi connectivity index (χ0n) is 11.7. The second kappa shape index (κ2) is 6.17. The van der Waals surface area contributed by atoms with Gasteiger partial charge in [-0.25, -0.2) is 4.98 Å². The monoisotopic (exact) mass is 264 g/mol. The van der Waals surface area contributed by atoms with Crippen molar-refractivity contribution in [1.29, 1.82) is 0 Å². The predicted molar refractivity (Wildman–Crippen MR) is 73.6 cm³/mol. The molecule has 1 heterocycles. The first kappa shape index (κ1) is 14.9. The molecule has 0 spiro atoms. The zero-order valence-corrected chi connectivity index (χ0v) is 11.7. The third-order valence-corrected chi connectivity index (χ3v) is 2.41. The quantitative estimate of drug-likeness (QED) is 0.742. The van der Waals surface area contributed by atoms with E-state index in [2.05, 4.69) is 15.6 Å². The minimum Gasteiger partial charge on any atom is -0.384 e. The maximum Gasteiger partial charge on any atom is 0.252 e. The lowest BCUT2D eigenvalue weighted by Gasteiger charge is -2.16. The second-order valence-corrected chi connectivity index (χ2v) is 4.78. The minimum atomic E-state index is -0.607. The highest BCUT2D eigenvalue weighted by Crippen LogP contribution is 2.07. The molecular formula is C13H20N4O2. The van der Waals surface area contributed by atoms with Gasteiger partial charge in [-0.15, -0.1) is 0 Å². The smallest absolute Gasteiger partial charge is 0.252 e. The van der Waals surface area contributed by atoms with E-state index in [4.69, 9.17) is 5.73 Å². The van der Waals surface area contributed by atoms with Crippen LogP contribution in [0.2, 0.25) is 0 Å². The zero-order chi connectivity index (χ0) is 14.6. The average Bonchev–Trinajstić information content (AvgIpc) is 2.26.